The number of carbonyl (C=O) groups is 1. The van der Waals surface area contributed by atoms with Crippen molar-refractivity contribution in [2.45, 2.75) is 125 Å². The molecule has 316 valence electrons. The van der Waals surface area contributed by atoms with Crippen LogP contribution in [0.15, 0.2) is 85.1 Å². The molecule has 57 heavy (non-hydrogen) atoms. The van der Waals surface area contributed by atoms with Crippen molar-refractivity contribution in [3.63, 3.8) is 0 Å². The first kappa shape index (κ1) is 49.1. The fraction of sp³-hybridized carbons (Fsp3) is 0.628. The van der Waals surface area contributed by atoms with Gasteiger partial charge < -0.3 is 24.7 Å². The summed E-state index contributed by atoms with van der Waals surface area (Å²) in [5.74, 6) is -2.53. The number of piperazine rings is 1. The van der Waals surface area contributed by atoms with Crippen molar-refractivity contribution < 1.29 is 55.1 Å². The monoisotopic (exact) mass is 810 g/mol. The molecule has 9 unspecified atom stereocenters. The number of rotatable bonds is 1. The third-order valence-electron chi connectivity index (χ3n) is 10.4. The Bertz CT molecular complexity index is 1410. The quantitative estimate of drug-likeness (QED) is 0.178. The summed E-state index contributed by atoms with van der Waals surface area (Å²) in [5.41, 5.74) is 0. The summed E-state index contributed by atoms with van der Waals surface area (Å²) in [6.45, 7) is 2.91. The second kappa shape index (κ2) is 26.7. The van der Waals surface area contributed by atoms with Gasteiger partial charge in [-0.05, 0) is 13.5 Å². The van der Waals surface area contributed by atoms with Crippen LogP contribution in [0.5, 0.6) is 0 Å². The topological polar surface area (TPSA) is 204 Å². The number of amides is 1. The number of fused-ring (bicyclic) bond motifs is 2. The molecular weight excluding hydrogens is 745 g/mol. The fourth-order valence-corrected chi connectivity index (χ4v) is 7.58. The van der Waals surface area contributed by atoms with Gasteiger partial charge in [0.15, 0.2) is 5.79 Å². The average molecular weight is 811 g/mol. The summed E-state index contributed by atoms with van der Waals surface area (Å²) in [6, 6.07) is 0. The van der Waals surface area contributed by atoms with E-state index in [0.29, 0.717) is 29.8 Å². The molecule has 8 N–H and O–H groups in total. The molecule has 0 aromatic rings. The fourth-order valence-electron chi connectivity index (χ4n) is 7.10. The van der Waals surface area contributed by atoms with Crippen molar-refractivity contribution in [3.05, 3.63) is 85.1 Å². The van der Waals surface area contributed by atoms with Crippen molar-refractivity contribution in [1.29, 1.82) is 0 Å². The van der Waals surface area contributed by atoms with Crippen LogP contribution in [0, 0.1) is 5.92 Å². The molecule has 3 aliphatic heterocycles. The van der Waals surface area contributed by atoms with Gasteiger partial charge in [-0.3, -0.25) is 4.79 Å². The number of nitrogens with zero attached hydrogens (tertiary/aromatic N) is 2. The van der Waals surface area contributed by atoms with Crippen LogP contribution < -0.4 is 0 Å². The van der Waals surface area contributed by atoms with Crippen LogP contribution >= 0.6 is 0 Å². The van der Waals surface area contributed by atoms with Crippen LogP contribution in [0.3, 0.4) is 0 Å². The van der Waals surface area contributed by atoms with Crippen LogP contribution in [0.1, 0.15) is 70.6 Å². The molecule has 10 atom stereocenters. The molecule has 1 amide bonds. The Morgan fingerprint density at radius 3 is 1.96 bits per heavy atom. The van der Waals surface area contributed by atoms with E-state index in [0.717, 1.165) is 13.1 Å². The molecule has 0 aromatic heterocycles. The van der Waals surface area contributed by atoms with Crippen molar-refractivity contribution in [3.8, 4) is 0 Å². The van der Waals surface area contributed by atoms with Gasteiger partial charge in [0.2, 0.25) is 5.91 Å². The van der Waals surface area contributed by atoms with Gasteiger partial charge in [0.25, 0.3) is 0 Å². The molecule has 0 saturated carbocycles. The van der Waals surface area contributed by atoms with E-state index in [4.69, 9.17) is 9.47 Å². The molecule has 0 aliphatic carbocycles. The minimum atomic E-state index is -1.83. The third-order valence-corrected chi connectivity index (χ3v) is 10.9. The second-order valence-corrected chi connectivity index (χ2v) is 16.3. The van der Waals surface area contributed by atoms with Crippen LogP contribution in [-0.2, 0) is 14.3 Å². The summed E-state index contributed by atoms with van der Waals surface area (Å²) in [6.07, 6.45) is 18.5. The van der Waals surface area contributed by atoms with Crippen LogP contribution in [0.2, 0.25) is 0 Å². The molecule has 14 heteroatoms. The Morgan fingerprint density at radius 2 is 1.32 bits per heavy atom. The molecule has 3 rings (SSSR count). The second-order valence-electron chi connectivity index (χ2n) is 15.5. The molecule has 2 saturated heterocycles. The number of hydrogen-bond acceptors (Lipinski definition) is 12. The average Bonchev–Trinajstić information content (AvgIpc) is 3.14. The minimum Gasteiger partial charge on any atom is -0.389 e. The van der Waals surface area contributed by atoms with Gasteiger partial charge in [0.05, 0.1) is 18.1 Å². The Morgan fingerprint density at radius 1 is 0.702 bits per heavy atom. The first-order valence-electron chi connectivity index (χ1n) is 20.4. The number of likely N-dealkylation sites (N-methyl/N-ethyl adjacent to an activating group) is 1. The zero-order valence-electron chi connectivity index (χ0n) is 33.5. The predicted molar refractivity (Wildman–Crippen MR) is 221 cm³/mol. The Balaban J connectivity index is 1.69. The zero-order chi connectivity index (χ0) is 41.6. The first-order valence-corrected chi connectivity index (χ1v) is 21.1. The van der Waals surface area contributed by atoms with Gasteiger partial charge >= 0.3 is 191 Å². The molecule has 3 heterocycles. The molecule has 0 radical (unpaired) electrons. The Kier molecular flexibility index (Phi) is 23.0. The van der Waals surface area contributed by atoms with Crippen molar-refractivity contribution in [2.75, 3.05) is 39.8 Å². The normalized spacial score (nSPS) is 38.8. The molecule has 3 aliphatic rings. The van der Waals surface area contributed by atoms with Gasteiger partial charge in [-0.25, -0.2) is 0 Å². The Labute approximate surface area is 350 Å². The molecule has 0 aromatic carbocycles. The maximum absolute atomic E-state index is 13.7. The van der Waals surface area contributed by atoms with Crippen LogP contribution in [-0.4, -0.2) is 176 Å². The number of carbonyl (C=O) groups excluding carboxylic acids is 1. The molecule has 13 nitrogen and oxygen atoms in total. The predicted octanol–water partition coefficient (Wildman–Crippen LogP) is 1.50. The molecule has 0 spiro atoms. The van der Waals surface area contributed by atoms with E-state index in [1.807, 2.05) is 73.9 Å². The van der Waals surface area contributed by atoms with Crippen LogP contribution in [0.4, 0.5) is 0 Å². The Hall–Kier alpha value is -2.31. The van der Waals surface area contributed by atoms with Crippen molar-refractivity contribution in [1.82, 2.24) is 9.80 Å². The minimum absolute atomic E-state index is 0.00833. The van der Waals surface area contributed by atoms with E-state index in [2.05, 4.69) is 4.90 Å². The number of ether oxygens (including phenoxy) is 2. The van der Waals surface area contributed by atoms with Crippen LogP contribution in [0.25, 0.3) is 0 Å². The van der Waals surface area contributed by atoms with Gasteiger partial charge in [-0.2, -0.15) is 0 Å². The van der Waals surface area contributed by atoms with E-state index < -0.39 is 60.5 Å². The van der Waals surface area contributed by atoms with E-state index in [1.165, 1.54) is 21.2 Å². The summed E-state index contributed by atoms with van der Waals surface area (Å²) in [5, 5.41) is 86.0. The summed E-state index contributed by atoms with van der Waals surface area (Å²) >= 11 is 1.50. The first-order chi connectivity index (χ1) is 27.2. The van der Waals surface area contributed by atoms with Gasteiger partial charge in [-0.15, -0.1) is 0 Å². The van der Waals surface area contributed by atoms with Crippen molar-refractivity contribution in [2.24, 2.45) is 5.92 Å². The standard InChI is InChI=1S/C43H66N2O11.Mg/c1-44-23-25-45(26-24-44)42(53)38-19-22-43(54)32-37(50)30-40(52)39(51)18-17-35(48)29-36(49)21-28-55-27-20-33(46)15-13-11-9-7-5-3-2-4-6-8-10-12-14-16-34(47)31-41(38)56-43;/h2-14,16,33-41,46-52,54H,15,17-27,29-32H2,1H3;/b4-2+,5-3+,8-6+,9-7+,12-10+,13-11+,16-14+;/t33?,34?,35?,36?,37?,38?,39?,40-,41?,43?;/m1./s1. The molecule has 2 bridgehead atoms. The number of allylic oxidation sites excluding steroid dienone is 12. The number of aliphatic hydroxyl groups excluding tert-OH is 7. The summed E-state index contributed by atoms with van der Waals surface area (Å²) < 4.78 is 12.4. The summed E-state index contributed by atoms with van der Waals surface area (Å²) in [7, 11) is 2.00. The van der Waals surface area contributed by atoms with E-state index in [9.17, 15) is 45.6 Å². The van der Waals surface area contributed by atoms with E-state index in [1.54, 1.807) is 23.1 Å². The molecular formula is C43H66MgN2O11. The summed E-state index contributed by atoms with van der Waals surface area (Å²) in [4.78, 5) is 17.7. The smallest absolute Gasteiger partial charge is 0.389 e. The number of aliphatic hydroxyl groups is 8. The van der Waals surface area contributed by atoms with Gasteiger partial charge in [-0.1, -0.05) is 48.6 Å². The van der Waals surface area contributed by atoms with Gasteiger partial charge in [0, 0.05) is 39.0 Å². The van der Waals surface area contributed by atoms with Crippen molar-refractivity contribution >= 4 is 31.0 Å². The molecule has 2 fully saturated rings. The third kappa shape index (κ3) is 20.0. The zero-order valence-corrected chi connectivity index (χ0v) is 34.9. The van der Waals surface area contributed by atoms with Gasteiger partial charge in [0.1, 0.15) is 0 Å². The van der Waals surface area contributed by atoms with E-state index >= 15 is 0 Å². The van der Waals surface area contributed by atoms with E-state index in [-0.39, 0.29) is 70.3 Å². The maximum atomic E-state index is 13.7. The number of hydrogen-bond donors (Lipinski definition) is 8. The SMILES string of the molecule is CN1CCN(C(=O)C2CCC3(O)CC(O)C[C@@H](O)C(O)CCC(O)CC(O)C[C](=[Mg])OCCC(O)C/C=C/C=C/C=C/C=C/C=C/C=C/C=C/C(O)CC2O3)CC1.